The van der Waals surface area contributed by atoms with Gasteiger partial charge in [-0.25, -0.2) is 0 Å². The van der Waals surface area contributed by atoms with Gasteiger partial charge in [-0.3, -0.25) is 9.59 Å². The van der Waals surface area contributed by atoms with Gasteiger partial charge in [-0.05, 0) is 131 Å². The minimum absolute atomic E-state index is 0.0154. The minimum atomic E-state index is -2.02. The van der Waals surface area contributed by atoms with Gasteiger partial charge in [0.25, 0.3) is 0 Å². The maximum Gasteiger partial charge on any atom is 0.192 e. The summed E-state index contributed by atoms with van der Waals surface area (Å²) in [7, 11) is -4.04. The second-order valence-corrected chi connectivity index (χ2v) is 30.3. The van der Waals surface area contributed by atoms with Crippen molar-refractivity contribution in [3.05, 3.63) is 47.1 Å². The van der Waals surface area contributed by atoms with E-state index in [0.717, 1.165) is 56.9 Å². The quantitative estimate of drug-likeness (QED) is 0.0723. The third kappa shape index (κ3) is 10.5. The smallest absolute Gasteiger partial charge is 0.192 e. The molecule has 0 aromatic heterocycles. The van der Waals surface area contributed by atoms with E-state index in [0.29, 0.717) is 24.7 Å². The molecule has 0 N–H and O–H groups in total. The zero-order valence-electron chi connectivity index (χ0n) is 36.6. The summed E-state index contributed by atoms with van der Waals surface area (Å²) in [5.74, 6) is 1.18. The van der Waals surface area contributed by atoms with E-state index in [2.05, 4.69) is 113 Å². The van der Waals surface area contributed by atoms with Crippen LogP contribution in [0.4, 0.5) is 0 Å². The summed E-state index contributed by atoms with van der Waals surface area (Å²) < 4.78 is 14.2. The third-order valence-electron chi connectivity index (χ3n) is 14.5. The van der Waals surface area contributed by atoms with Gasteiger partial charge in [-0.2, -0.15) is 0 Å². The Labute approximate surface area is 323 Å². The van der Waals surface area contributed by atoms with Gasteiger partial charge in [-0.15, -0.1) is 0 Å². The van der Waals surface area contributed by atoms with Crippen LogP contribution in [0.1, 0.15) is 160 Å². The van der Waals surface area contributed by atoms with Crippen LogP contribution in [-0.2, 0) is 18.4 Å². The third-order valence-corrected chi connectivity index (χ3v) is 23.5. The molecule has 4 nitrogen and oxygen atoms in total. The summed E-state index contributed by atoms with van der Waals surface area (Å²) in [4.78, 5) is 26.4. The second kappa shape index (κ2) is 17.2. The first-order chi connectivity index (χ1) is 23.8. The van der Waals surface area contributed by atoms with Crippen LogP contribution in [0, 0.1) is 22.7 Å². The molecular formula is C46H80O4Si2. The summed E-state index contributed by atoms with van der Waals surface area (Å²) in [6.45, 7) is 38.6. The molecule has 0 amide bonds. The summed E-state index contributed by atoms with van der Waals surface area (Å²) in [6, 6.07) is 0. The SMILES string of the molecule is C=C1[C@H](O[Si](C)(C)C(C)(C)C)CC(=CC=C2CCC[C@]3(C)[C@@H](C(C)=CCC(=O)C(C)(C)C(=O)CCCCCC)CC[C@@H]23)C[C@H]1O[Si](C)(C)C(C)(C)C. The number of Topliss-reactive ketones (excluding diaryl/α,β-unsaturated/α-hetero) is 2. The van der Waals surface area contributed by atoms with Crippen LogP contribution in [0.25, 0.3) is 0 Å². The van der Waals surface area contributed by atoms with E-state index in [1.54, 1.807) is 5.57 Å². The van der Waals surface area contributed by atoms with Crippen LogP contribution in [0.2, 0.25) is 36.3 Å². The predicted molar refractivity (Wildman–Crippen MR) is 228 cm³/mol. The summed E-state index contributed by atoms with van der Waals surface area (Å²) in [5, 5.41) is 0.249. The normalized spacial score (nSPS) is 27.6. The molecule has 0 heterocycles. The molecule has 3 aliphatic rings. The average Bonchev–Trinajstić information content (AvgIpc) is 3.38. The molecule has 3 fully saturated rings. The number of hydrogen-bond acceptors (Lipinski definition) is 4. The Morgan fingerprint density at radius 2 is 1.40 bits per heavy atom. The van der Waals surface area contributed by atoms with Gasteiger partial charge in [0, 0.05) is 12.8 Å². The van der Waals surface area contributed by atoms with Crippen molar-refractivity contribution in [1.29, 1.82) is 0 Å². The Morgan fingerprint density at radius 3 is 1.92 bits per heavy atom. The molecule has 0 aromatic rings. The van der Waals surface area contributed by atoms with E-state index in [-0.39, 0.29) is 39.3 Å². The fraction of sp³-hybridized carbons (Fsp3) is 0.783. The molecular weight excluding hydrogens is 673 g/mol. The summed E-state index contributed by atoms with van der Waals surface area (Å²) in [5.41, 5.74) is 4.77. The molecule has 0 saturated heterocycles. The van der Waals surface area contributed by atoms with Crippen molar-refractivity contribution in [2.45, 2.75) is 208 Å². The van der Waals surface area contributed by atoms with Crippen LogP contribution >= 0.6 is 0 Å². The molecule has 52 heavy (non-hydrogen) atoms. The molecule has 0 bridgehead atoms. The van der Waals surface area contributed by atoms with Gasteiger partial charge in [0.1, 0.15) is 11.6 Å². The molecule has 0 spiro atoms. The van der Waals surface area contributed by atoms with Crippen molar-refractivity contribution >= 4 is 28.2 Å². The molecule has 3 aliphatic carbocycles. The number of carbonyl (C=O) groups excluding carboxylic acids is 2. The first-order valence-corrected chi connectivity index (χ1v) is 26.8. The molecule has 5 atom stereocenters. The first kappa shape index (κ1) is 45.0. The van der Waals surface area contributed by atoms with Crippen LogP contribution in [0.3, 0.4) is 0 Å². The number of carbonyl (C=O) groups is 2. The number of rotatable bonds is 15. The molecule has 0 unspecified atom stereocenters. The highest BCUT2D eigenvalue weighted by atomic mass is 28.4. The second-order valence-electron chi connectivity index (χ2n) is 20.8. The number of allylic oxidation sites excluding steroid dienone is 5. The number of hydrogen-bond donors (Lipinski definition) is 0. The van der Waals surface area contributed by atoms with E-state index in [1.807, 2.05) is 13.8 Å². The Morgan fingerprint density at radius 1 is 0.846 bits per heavy atom. The van der Waals surface area contributed by atoms with E-state index >= 15 is 0 Å². The van der Waals surface area contributed by atoms with Gasteiger partial charge in [0.2, 0.25) is 0 Å². The van der Waals surface area contributed by atoms with Crippen molar-refractivity contribution in [3.8, 4) is 0 Å². The molecule has 0 aliphatic heterocycles. The maximum absolute atomic E-state index is 13.4. The molecule has 3 rings (SSSR count). The highest BCUT2D eigenvalue weighted by Gasteiger charge is 2.50. The largest absolute Gasteiger partial charge is 0.410 e. The van der Waals surface area contributed by atoms with Crippen molar-refractivity contribution in [3.63, 3.8) is 0 Å². The van der Waals surface area contributed by atoms with Gasteiger partial charge in [0.05, 0.1) is 17.6 Å². The van der Waals surface area contributed by atoms with Crippen LogP contribution < -0.4 is 0 Å². The van der Waals surface area contributed by atoms with Crippen LogP contribution in [0.15, 0.2) is 47.1 Å². The lowest BCUT2D eigenvalue weighted by Gasteiger charge is -2.46. The fourth-order valence-electron chi connectivity index (χ4n) is 8.51. The zero-order chi connectivity index (χ0) is 39.5. The predicted octanol–water partition coefficient (Wildman–Crippen LogP) is 13.7. The van der Waals surface area contributed by atoms with Crippen molar-refractivity contribution < 1.29 is 18.4 Å². The van der Waals surface area contributed by atoms with Gasteiger partial charge in [-0.1, -0.05) is 116 Å². The minimum Gasteiger partial charge on any atom is -0.410 e. The van der Waals surface area contributed by atoms with Gasteiger partial charge < -0.3 is 8.85 Å². The van der Waals surface area contributed by atoms with Crippen molar-refractivity contribution in [2.75, 3.05) is 0 Å². The highest BCUT2D eigenvalue weighted by molar-refractivity contribution is 6.74. The Kier molecular flexibility index (Phi) is 14.9. The summed E-state index contributed by atoms with van der Waals surface area (Å²) in [6.07, 6.45) is 19.9. The fourth-order valence-corrected chi connectivity index (χ4v) is 11.1. The van der Waals surface area contributed by atoms with E-state index in [9.17, 15) is 9.59 Å². The topological polar surface area (TPSA) is 52.6 Å². The molecule has 3 saturated carbocycles. The first-order valence-electron chi connectivity index (χ1n) is 20.9. The Balaban J connectivity index is 1.82. The lowest BCUT2D eigenvalue weighted by atomic mass is 9.62. The summed E-state index contributed by atoms with van der Waals surface area (Å²) >= 11 is 0. The lowest BCUT2D eigenvalue weighted by Crippen LogP contribution is -2.49. The van der Waals surface area contributed by atoms with Crippen molar-refractivity contribution in [1.82, 2.24) is 0 Å². The maximum atomic E-state index is 13.4. The van der Waals surface area contributed by atoms with Crippen molar-refractivity contribution in [2.24, 2.45) is 22.7 Å². The molecule has 296 valence electrons. The molecule has 6 heteroatoms. The molecule has 0 aromatic carbocycles. The number of ketones is 2. The van der Waals surface area contributed by atoms with E-state index < -0.39 is 22.0 Å². The number of fused-ring (bicyclic) bond motifs is 1. The van der Waals surface area contributed by atoms with Crippen LogP contribution in [-0.4, -0.2) is 40.4 Å². The van der Waals surface area contributed by atoms with Gasteiger partial charge in [0.15, 0.2) is 16.6 Å². The zero-order valence-corrected chi connectivity index (χ0v) is 38.6. The van der Waals surface area contributed by atoms with E-state index in [4.69, 9.17) is 8.85 Å². The van der Waals surface area contributed by atoms with E-state index in [1.165, 1.54) is 30.4 Å². The standard InChI is InChI=1S/C46H80O4Si2/c1-17-18-19-20-23-41(47)45(10,11)42(48)29-24-33(2)37-27-28-38-36(22-21-30-46(37,38)12)26-25-35-31-39(49-51(13,14)43(4,5)6)34(3)40(32-35)50-52(15,16)44(7,8)9/h24-26,37-40H,3,17-23,27-32H2,1-2,4-16H3/t37-,38+,39-,40-,46-/m1/s1. The van der Waals surface area contributed by atoms with Crippen LogP contribution in [0.5, 0.6) is 0 Å². The lowest BCUT2D eigenvalue weighted by molar-refractivity contribution is -0.138. The average molecular weight is 753 g/mol. The Bertz CT molecular complexity index is 1340. The Hall–Kier alpha value is -1.35. The van der Waals surface area contributed by atoms with Gasteiger partial charge >= 0.3 is 0 Å². The molecule has 0 radical (unpaired) electrons. The number of unbranched alkanes of at least 4 members (excludes halogenated alkanes) is 3. The monoisotopic (exact) mass is 753 g/mol. The highest BCUT2D eigenvalue weighted by Crippen LogP contribution is 2.59.